The molecule has 1 aromatic heterocycles. The average Bonchev–Trinajstić information content (AvgIpc) is 3.91. The van der Waals surface area contributed by atoms with Gasteiger partial charge in [0.15, 0.2) is 23.0 Å². The van der Waals surface area contributed by atoms with Gasteiger partial charge in [-0.15, -0.1) is 11.3 Å². The fourth-order valence-corrected chi connectivity index (χ4v) is 11.4. The fraction of sp³-hybridized carbons (Fsp3) is 0.0164. The number of hydrogen-bond acceptors (Lipinski definition) is 4. The van der Waals surface area contributed by atoms with E-state index in [4.69, 9.17) is 9.47 Å². The molecule has 13 rings (SSSR count). The highest BCUT2D eigenvalue weighted by atomic mass is 32.1. The van der Waals surface area contributed by atoms with E-state index in [1.54, 1.807) is 0 Å². The van der Waals surface area contributed by atoms with Gasteiger partial charge >= 0.3 is 0 Å². The molecule has 10 aromatic carbocycles. The van der Waals surface area contributed by atoms with Crippen molar-refractivity contribution in [2.45, 2.75) is 5.41 Å². The van der Waals surface area contributed by atoms with Gasteiger partial charge in [-0.2, -0.15) is 0 Å². The first-order valence-corrected chi connectivity index (χ1v) is 22.9. The molecule has 4 heteroatoms. The minimum atomic E-state index is -0.533. The van der Waals surface area contributed by atoms with Crippen molar-refractivity contribution in [3.05, 3.63) is 259 Å². The van der Waals surface area contributed by atoms with Crippen molar-refractivity contribution < 1.29 is 9.47 Å². The second kappa shape index (κ2) is 15.0. The Balaban J connectivity index is 0.898. The molecule has 3 nitrogen and oxygen atoms in total. The van der Waals surface area contributed by atoms with Crippen LogP contribution in [0.2, 0.25) is 0 Å². The van der Waals surface area contributed by atoms with Crippen LogP contribution in [0, 0.1) is 0 Å². The minimum absolute atomic E-state index is 0.533. The van der Waals surface area contributed by atoms with Gasteiger partial charge in [-0.1, -0.05) is 176 Å². The van der Waals surface area contributed by atoms with E-state index in [0.29, 0.717) is 17.2 Å². The third-order valence-corrected chi connectivity index (χ3v) is 14.4. The zero-order valence-corrected chi connectivity index (χ0v) is 36.0. The molecular formula is C61H39NO2S. The molecule has 0 fully saturated rings. The summed E-state index contributed by atoms with van der Waals surface area (Å²) in [5.41, 5.74) is 14.2. The van der Waals surface area contributed by atoms with Crippen molar-refractivity contribution in [2.24, 2.45) is 0 Å². The van der Waals surface area contributed by atoms with Crippen LogP contribution in [0.15, 0.2) is 237 Å². The largest absolute Gasteiger partial charge is 0.449 e. The topological polar surface area (TPSA) is 21.7 Å². The Morgan fingerprint density at radius 1 is 0.354 bits per heavy atom. The first kappa shape index (κ1) is 37.4. The molecule has 1 aliphatic heterocycles. The number of fused-ring (bicyclic) bond motifs is 9. The van der Waals surface area contributed by atoms with E-state index in [9.17, 15) is 0 Å². The number of thiophene rings is 1. The van der Waals surface area contributed by atoms with Crippen molar-refractivity contribution >= 4 is 48.6 Å². The summed E-state index contributed by atoms with van der Waals surface area (Å²) in [6.07, 6.45) is 0. The van der Waals surface area contributed by atoms with E-state index >= 15 is 0 Å². The summed E-state index contributed by atoms with van der Waals surface area (Å²) in [6, 6.07) is 84.7. The summed E-state index contributed by atoms with van der Waals surface area (Å²) in [4.78, 5) is 2.29. The van der Waals surface area contributed by atoms with E-state index in [1.807, 2.05) is 11.3 Å². The van der Waals surface area contributed by atoms with Gasteiger partial charge in [0.25, 0.3) is 0 Å². The molecule has 0 unspecified atom stereocenters. The van der Waals surface area contributed by atoms with Crippen LogP contribution >= 0.6 is 11.3 Å². The standard InChI is InChI=1S/C61H39NO2S/c1-4-14-40(15-5-1)41-24-29-46(30-25-41)62(47-31-26-42(27-32-47)43-28-34-50-49-20-11-13-23-57(49)65-58(50)38-43)48-33-36-54-56(39-48)63-55-37-35-53-59(60(55)64-54)51-21-10-12-22-52(51)61(53,44-16-6-2-7-17-44)45-18-8-3-9-19-45/h1-39H. The molecular weight excluding hydrogens is 811 g/mol. The lowest BCUT2D eigenvalue weighted by Crippen LogP contribution is -2.28. The maximum absolute atomic E-state index is 7.02. The van der Waals surface area contributed by atoms with Crippen LogP contribution in [-0.4, -0.2) is 0 Å². The van der Waals surface area contributed by atoms with Crippen LogP contribution < -0.4 is 14.4 Å². The lowest BCUT2D eigenvalue weighted by molar-refractivity contribution is 0.360. The molecule has 0 spiro atoms. The Hall–Kier alpha value is -8.18. The van der Waals surface area contributed by atoms with E-state index < -0.39 is 5.41 Å². The van der Waals surface area contributed by atoms with Gasteiger partial charge in [0.1, 0.15) is 0 Å². The highest BCUT2D eigenvalue weighted by molar-refractivity contribution is 7.25. The van der Waals surface area contributed by atoms with Crippen LogP contribution in [0.3, 0.4) is 0 Å². The Labute approximate surface area is 381 Å². The van der Waals surface area contributed by atoms with Crippen molar-refractivity contribution in [3.63, 3.8) is 0 Å². The number of benzene rings is 10. The van der Waals surface area contributed by atoms with E-state index in [-0.39, 0.29) is 0 Å². The first-order valence-electron chi connectivity index (χ1n) is 22.1. The predicted molar refractivity (Wildman–Crippen MR) is 269 cm³/mol. The first-order chi connectivity index (χ1) is 32.2. The average molecular weight is 850 g/mol. The number of anilines is 3. The van der Waals surface area contributed by atoms with Gasteiger partial charge in [0.05, 0.1) is 11.1 Å². The summed E-state index contributed by atoms with van der Waals surface area (Å²) in [5, 5.41) is 2.62. The summed E-state index contributed by atoms with van der Waals surface area (Å²) in [7, 11) is 0. The minimum Gasteiger partial charge on any atom is -0.449 e. The third-order valence-electron chi connectivity index (χ3n) is 13.2. The lowest BCUT2D eigenvalue weighted by atomic mass is 9.68. The van der Waals surface area contributed by atoms with Crippen LogP contribution in [0.1, 0.15) is 22.3 Å². The van der Waals surface area contributed by atoms with Gasteiger partial charge in [-0.3, -0.25) is 0 Å². The molecule has 0 saturated heterocycles. The third kappa shape index (κ3) is 5.95. The van der Waals surface area contributed by atoms with Gasteiger partial charge in [-0.05, 0) is 105 Å². The van der Waals surface area contributed by atoms with Gasteiger partial charge in [0.2, 0.25) is 0 Å². The number of hydrogen-bond donors (Lipinski definition) is 0. The van der Waals surface area contributed by atoms with Crippen LogP contribution in [0.25, 0.3) is 53.6 Å². The predicted octanol–water partition coefficient (Wildman–Crippen LogP) is 17.1. The van der Waals surface area contributed by atoms with Crippen molar-refractivity contribution in [3.8, 4) is 56.4 Å². The quantitative estimate of drug-likeness (QED) is 0.159. The molecule has 0 saturated carbocycles. The summed E-state index contributed by atoms with van der Waals surface area (Å²) >= 11 is 1.85. The SMILES string of the molecule is c1ccc(-c2ccc(N(c3ccc(-c4ccc5c(c4)sc4ccccc45)cc3)c3ccc4c(c3)Oc3ccc5c(c3O4)-c3ccccc3C5(c3ccccc3)c3ccccc3)cc2)cc1. The Kier molecular flexibility index (Phi) is 8.62. The second-order valence-corrected chi connectivity index (χ2v) is 17.9. The molecule has 1 aliphatic carbocycles. The molecule has 2 heterocycles. The maximum Gasteiger partial charge on any atom is 0.178 e. The molecule has 2 aliphatic rings. The monoisotopic (exact) mass is 849 g/mol. The molecule has 65 heavy (non-hydrogen) atoms. The number of rotatable bonds is 7. The van der Waals surface area contributed by atoms with E-state index in [2.05, 4.69) is 241 Å². The normalized spacial score (nSPS) is 13.0. The Morgan fingerprint density at radius 3 is 1.63 bits per heavy atom. The Morgan fingerprint density at radius 2 is 0.908 bits per heavy atom. The van der Waals surface area contributed by atoms with Crippen LogP contribution in [0.4, 0.5) is 17.1 Å². The molecule has 306 valence electrons. The molecule has 11 aromatic rings. The summed E-state index contributed by atoms with van der Waals surface area (Å²) < 4.78 is 16.6. The number of nitrogens with zero attached hydrogens (tertiary/aromatic N) is 1. The lowest BCUT2D eigenvalue weighted by Gasteiger charge is -2.34. The molecule has 0 amide bonds. The maximum atomic E-state index is 7.02. The van der Waals surface area contributed by atoms with Crippen LogP contribution in [-0.2, 0) is 5.41 Å². The zero-order valence-electron chi connectivity index (χ0n) is 35.2. The van der Waals surface area contributed by atoms with E-state index in [1.165, 1.54) is 59.1 Å². The Bertz CT molecular complexity index is 3540. The molecule has 0 bridgehead atoms. The van der Waals surface area contributed by atoms with Gasteiger partial charge in [0, 0.05) is 43.2 Å². The highest BCUT2D eigenvalue weighted by Gasteiger charge is 2.48. The van der Waals surface area contributed by atoms with Gasteiger partial charge in [-0.25, -0.2) is 0 Å². The summed E-state index contributed by atoms with van der Waals surface area (Å²) in [5.74, 6) is 2.77. The van der Waals surface area contributed by atoms with Gasteiger partial charge < -0.3 is 14.4 Å². The smallest absolute Gasteiger partial charge is 0.178 e. The summed E-state index contributed by atoms with van der Waals surface area (Å²) in [6.45, 7) is 0. The molecule has 0 radical (unpaired) electrons. The molecule has 0 atom stereocenters. The number of ether oxygens (including phenoxy) is 2. The highest BCUT2D eigenvalue weighted by Crippen LogP contribution is 2.62. The van der Waals surface area contributed by atoms with Crippen LogP contribution in [0.5, 0.6) is 23.0 Å². The van der Waals surface area contributed by atoms with Crippen molar-refractivity contribution in [1.82, 2.24) is 0 Å². The second-order valence-electron chi connectivity index (χ2n) is 16.8. The van der Waals surface area contributed by atoms with E-state index in [0.717, 1.165) is 39.5 Å². The molecule has 0 N–H and O–H groups in total. The fourth-order valence-electron chi connectivity index (χ4n) is 10.3. The van der Waals surface area contributed by atoms with Crippen molar-refractivity contribution in [1.29, 1.82) is 0 Å². The van der Waals surface area contributed by atoms with Crippen molar-refractivity contribution in [2.75, 3.05) is 4.90 Å². The zero-order chi connectivity index (χ0) is 42.9.